The van der Waals surface area contributed by atoms with Crippen molar-refractivity contribution in [2.45, 2.75) is 53.9 Å². The van der Waals surface area contributed by atoms with Crippen LogP contribution < -0.4 is 0 Å². The molecule has 0 aliphatic heterocycles. The summed E-state index contributed by atoms with van der Waals surface area (Å²) in [6.45, 7) is 10.0. The van der Waals surface area contributed by atoms with Crippen LogP contribution in [-0.2, 0) is 9.59 Å². The van der Waals surface area contributed by atoms with Gasteiger partial charge in [0, 0.05) is 6.08 Å². The van der Waals surface area contributed by atoms with Gasteiger partial charge in [0.1, 0.15) is 0 Å². The molecule has 0 aromatic carbocycles. The fourth-order valence-electron chi connectivity index (χ4n) is 3.13. The lowest BCUT2D eigenvalue weighted by molar-refractivity contribution is -0.132. The van der Waals surface area contributed by atoms with Crippen LogP contribution in [0, 0.1) is 5.41 Å². The lowest BCUT2D eigenvalue weighted by Crippen LogP contribution is -2.19. The molecule has 25 heavy (non-hydrogen) atoms. The van der Waals surface area contributed by atoms with Crippen molar-refractivity contribution in [3.63, 3.8) is 0 Å². The third-order valence-electron chi connectivity index (χ3n) is 4.56. The van der Waals surface area contributed by atoms with Gasteiger partial charge in [-0.05, 0) is 62.7 Å². The van der Waals surface area contributed by atoms with Crippen LogP contribution in [0.2, 0.25) is 0 Å². The molecule has 0 aromatic rings. The van der Waals surface area contributed by atoms with Gasteiger partial charge in [0.15, 0.2) is 0 Å². The summed E-state index contributed by atoms with van der Waals surface area (Å²) in [4.78, 5) is 22.0. The molecule has 1 aliphatic rings. The maximum absolute atomic E-state index is 11.3. The number of allylic oxidation sites excluding steroid dienone is 7. The molecule has 0 bridgehead atoms. The average Bonchev–Trinajstić information content (AvgIpc) is 2.44. The van der Waals surface area contributed by atoms with E-state index in [1.807, 2.05) is 13.0 Å². The van der Waals surface area contributed by atoms with Gasteiger partial charge in [-0.25, -0.2) is 9.59 Å². The summed E-state index contributed by atoms with van der Waals surface area (Å²) >= 11 is 0. The Morgan fingerprint density at radius 3 is 2.28 bits per heavy atom. The van der Waals surface area contributed by atoms with Gasteiger partial charge in [-0.1, -0.05) is 43.2 Å². The third-order valence-corrected chi connectivity index (χ3v) is 4.56. The van der Waals surface area contributed by atoms with Gasteiger partial charge in [-0.15, -0.1) is 0 Å². The molecule has 1 rings (SSSR count). The molecule has 1 aliphatic carbocycles. The van der Waals surface area contributed by atoms with Crippen molar-refractivity contribution >= 4 is 11.9 Å². The minimum atomic E-state index is -1.16. The third kappa shape index (κ3) is 6.22. The number of aliphatic carboxylic acids is 2. The SMILES string of the molecule is CC1=C(/C=C/C(C)=C/C=C(C(=O)O)/C(C)=C/C(=O)O)C(C)(C)CCC1. The number of carboxylic acid groups (broad SMARTS) is 2. The summed E-state index contributed by atoms with van der Waals surface area (Å²) in [7, 11) is 0. The van der Waals surface area contributed by atoms with E-state index in [0.717, 1.165) is 24.5 Å². The molecule has 0 fully saturated rings. The molecular weight excluding hydrogens is 316 g/mol. The molecular formula is C21H28O4. The van der Waals surface area contributed by atoms with Crippen LogP contribution in [0.1, 0.15) is 53.9 Å². The Balaban J connectivity index is 3.07. The van der Waals surface area contributed by atoms with Crippen LogP contribution in [0.15, 0.2) is 58.2 Å². The Hall–Kier alpha value is -2.36. The minimum absolute atomic E-state index is 0.0245. The first-order valence-corrected chi connectivity index (χ1v) is 8.46. The van der Waals surface area contributed by atoms with Gasteiger partial charge in [0.05, 0.1) is 5.57 Å². The number of carboxylic acids is 2. The van der Waals surface area contributed by atoms with E-state index in [9.17, 15) is 14.7 Å². The summed E-state index contributed by atoms with van der Waals surface area (Å²) in [5, 5.41) is 18.0. The maximum atomic E-state index is 11.3. The van der Waals surface area contributed by atoms with E-state index in [1.165, 1.54) is 30.6 Å². The van der Waals surface area contributed by atoms with Gasteiger partial charge in [-0.2, -0.15) is 0 Å². The predicted molar refractivity (Wildman–Crippen MR) is 100 cm³/mol. The molecule has 0 aromatic heterocycles. The van der Waals surface area contributed by atoms with E-state index >= 15 is 0 Å². The van der Waals surface area contributed by atoms with Crippen LogP contribution in [-0.4, -0.2) is 22.2 Å². The Labute approximate surface area is 149 Å². The van der Waals surface area contributed by atoms with Crippen molar-refractivity contribution in [1.29, 1.82) is 0 Å². The van der Waals surface area contributed by atoms with Crippen LogP contribution in [0.3, 0.4) is 0 Å². The minimum Gasteiger partial charge on any atom is -0.478 e. The molecule has 0 amide bonds. The first kappa shape index (κ1) is 20.7. The maximum Gasteiger partial charge on any atom is 0.335 e. The van der Waals surface area contributed by atoms with Crippen molar-refractivity contribution < 1.29 is 19.8 Å². The fourth-order valence-corrected chi connectivity index (χ4v) is 3.13. The van der Waals surface area contributed by atoms with Crippen LogP contribution in [0.5, 0.6) is 0 Å². The molecule has 0 radical (unpaired) electrons. The quantitative estimate of drug-likeness (QED) is 0.522. The predicted octanol–water partition coefficient (Wildman–Crippen LogP) is 5.06. The molecule has 136 valence electrons. The van der Waals surface area contributed by atoms with E-state index in [-0.39, 0.29) is 16.6 Å². The van der Waals surface area contributed by atoms with E-state index in [2.05, 4.69) is 26.8 Å². The van der Waals surface area contributed by atoms with Crippen molar-refractivity contribution in [1.82, 2.24) is 0 Å². The monoisotopic (exact) mass is 344 g/mol. The fraction of sp³-hybridized carbons (Fsp3) is 0.429. The molecule has 0 saturated carbocycles. The van der Waals surface area contributed by atoms with Crippen LogP contribution in [0.4, 0.5) is 0 Å². The molecule has 0 saturated heterocycles. The lowest BCUT2D eigenvalue weighted by Gasteiger charge is -2.32. The molecule has 4 heteroatoms. The van der Waals surface area contributed by atoms with Crippen molar-refractivity contribution in [3.8, 4) is 0 Å². The highest BCUT2D eigenvalue weighted by Crippen LogP contribution is 2.40. The summed E-state index contributed by atoms with van der Waals surface area (Å²) < 4.78 is 0. The smallest absolute Gasteiger partial charge is 0.335 e. The number of hydrogen-bond acceptors (Lipinski definition) is 2. The van der Waals surface area contributed by atoms with E-state index in [1.54, 1.807) is 6.08 Å². The van der Waals surface area contributed by atoms with Gasteiger partial charge in [0.25, 0.3) is 0 Å². The molecule has 0 heterocycles. The summed E-state index contributed by atoms with van der Waals surface area (Å²) in [5.74, 6) is -2.30. The molecule has 0 spiro atoms. The van der Waals surface area contributed by atoms with Gasteiger partial charge in [-0.3, -0.25) is 0 Å². The van der Waals surface area contributed by atoms with E-state index in [0.29, 0.717) is 0 Å². The summed E-state index contributed by atoms with van der Waals surface area (Å²) in [6, 6.07) is 0. The zero-order valence-electron chi connectivity index (χ0n) is 15.7. The van der Waals surface area contributed by atoms with Crippen LogP contribution in [0.25, 0.3) is 0 Å². The first-order chi connectivity index (χ1) is 11.5. The zero-order valence-corrected chi connectivity index (χ0v) is 15.7. The summed E-state index contributed by atoms with van der Waals surface area (Å²) in [6.07, 6.45) is 11.6. The van der Waals surface area contributed by atoms with E-state index < -0.39 is 11.9 Å². The summed E-state index contributed by atoms with van der Waals surface area (Å²) in [5.41, 5.74) is 3.99. The Morgan fingerprint density at radius 1 is 1.12 bits per heavy atom. The Kier molecular flexibility index (Phi) is 7.16. The highest BCUT2D eigenvalue weighted by Gasteiger charge is 2.26. The first-order valence-electron chi connectivity index (χ1n) is 8.46. The number of rotatable bonds is 6. The highest BCUT2D eigenvalue weighted by atomic mass is 16.4. The number of hydrogen-bond donors (Lipinski definition) is 2. The van der Waals surface area contributed by atoms with E-state index in [4.69, 9.17) is 5.11 Å². The largest absolute Gasteiger partial charge is 0.478 e. The Bertz CT molecular complexity index is 697. The van der Waals surface area contributed by atoms with Crippen molar-refractivity contribution in [2.24, 2.45) is 5.41 Å². The van der Waals surface area contributed by atoms with Crippen LogP contribution >= 0.6 is 0 Å². The highest BCUT2D eigenvalue weighted by molar-refractivity contribution is 5.94. The topological polar surface area (TPSA) is 74.6 Å². The molecule has 0 unspecified atom stereocenters. The molecule has 4 nitrogen and oxygen atoms in total. The molecule has 0 atom stereocenters. The zero-order chi connectivity index (χ0) is 19.2. The second-order valence-electron chi connectivity index (χ2n) is 7.23. The second kappa shape index (κ2) is 8.65. The lowest BCUT2D eigenvalue weighted by atomic mass is 9.72. The standard InChI is InChI=1S/C21H28O4/c1-14(8-10-17(20(24)25)16(3)13-19(22)23)9-11-18-15(2)7-6-12-21(18,4)5/h8-11,13H,6-7,12H2,1-5H3,(H,22,23)(H,24,25)/b11-9+,14-8+,16-13+,17-10-. The number of carbonyl (C=O) groups is 2. The second-order valence-corrected chi connectivity index (χ2v) is 7.23. The van der Waals surface area contributed by atoms with Crippen molar-refractivity contribution in [3.05, 3.63) is 58.2 Å². The van der Waals surface area contributed by atoms with Gasteiger partial charge >= 0.3 is 11.9 Å². The van der Waals surface area contributed by atoms with Gasteiger partial charge < -0.3 is 10.2 Å². The van der Waals surface area contributed by atoms with Gasteiger partial charge in [0.2, 0.25) is 0 Å². The van der Waals surface area contributed by atoms with Crippen molar-refractivity contribution in [2.75, 3.05) is 0 Å². The molecule has 2 N–H and O–H groups in total. The average molecular weight is 344 g/mol. The Morgan fingerprint density at radius 2 is 1.76 bits per heavy atom. The normalized spacial score (nSPS) is 19.5.